The number of carbonyl (C=O) groups excluding carboxylic acids is 2. The maximum Gasteiger partial charge on any atom is 0.298 e. The summed E-state index contributed by atoms with van der Waals surface area (Å²) in [7, 11) is 0. The largest absolute Gasteiger partial charge is 0.383 e. The number of anilines is 3. The van der Waals surface area contributed by atoms with Gasteiger partial charge in [-0.25, -0.2) is 4.98 Å². The van der Waals surface area contributed by atoms with Gasteiger partial charge in [-0.2, -0.15) is 0 Å². The van der Waals surface area contributed by atoms with Crippen molar-refractivity contribution >= 4 is 34.4 Å². The average Bonchev–Trinajstić information content (AvgIpc) is 3.35. The molecule has 2 N–H and O–H groups in total. The first-order valence-electron chi connectivity index (χ1n) is 13.9. The van der Waals surface area contributed by atoms with Gasteiger partial charge in [-0.3, -0.25) is 9.59 Å². The first-order chi connectivity index (χ1) is 19.8. The number of pyridine rings is 2. The Morgan fingerprint density at radius 2 is 1.68 bits per heavy atom. The van der Waals surface area contributed by atoms with Crippen molar-refractivity contribution in [1.82, 2.24) is 9.38 Å². The van der Waals surface area contributed by atoms with Crippen molar-refractivity contribution in [3.8, 4) is 11.1 Å². The van der Waals surface area contributed by atoms with E-state index in [1.165, 1.54) is 5.56 Å². The number of benzene rings is 2. The Balaban J connectivity index is 1.27. The van der Waals surface area contributed by atoms with Gasteiger partial charge in [-0.15, -0.1) is 0 Å². The standard InChI is InChI=1S/C34H35N5O2/c1-5-38(31-20-23(2)19-25(4)36-31)18-16-35-30-15-14-27(21-24(30)3)37-34(41)33(40)32-29(26-11-7-6-8-12-26)22-28-13-9-10-17-39(28)32/h6-15,17,19-22,35H,5,16,18H2,1-4H3,(H,37,41). The number of nitrogens with zero attached hydrogens (tertiary/aromatic N) is 3. The van der Waals surface area contributed by atoms with Crippen molar-refractivity contribution in [1.29, 1.82) is 0 Å². The molecular formula is C34H35N5O2. The highest BCUT2D eigenvalue weighted by molar-refractivity contribution is 6.47. The van der Waals surface area contributed by atoms with Crippen LogP contribution >= 0.6 is 0 Å². The number of ketones is 1. The molecule has 0 aliphatic carbocycles. The molecule has 5 aromatic rings. The molecule has 3 aromatic heterocycles. The van der Waals surface area contributed by atoms with Gasteiger partial charge in [-0.1, -0.05) is 36.4 Å². The summed E-state index contributed by atoms with van der Waals surface area (Å²) in [5, 5.41) is 6.31. The lowest BCUT2D eigenvalue weighted by atomic mass is 10.0. The summed E-state index contributed by atoms with van der Waals surface area (Å²) in [5.41, 5.74) is 7.54. The summed E-state index contributed by atoms with van der Waals surface area (Å²) in [5.74, 6) is -0.280. The quantitative estimate of drug-likeness (QED) is 0.151. The van der Waals surface area contributed by atoms with E-state index in [-0.39, 0.29) is 0 Å². The van der Waals surface area contributed by atoms with E-state index in [0.717, 1.165) is 59.0 Å². The first-order valence-corrected chi connectivity index (χ1v) is 13.9. The van der Waals surface area contributed by atoms with E-state index in [0.29, 0.717) is 11.4 Å². The van der Waals surface area contributed by atoms with Crippen LogP contribution in [0.25, 0.3) is 16.6 Å². The Labute approximate surface area is 240 Å². The minimum absolute atomic E-state index is 0.345. The maximum atomic E-state index is 13.5. The number of nitrogens with one attached hydrogen (secondary N) is 2. The van der Waals surface area contributed by atoms with Gasteiger partial charge in [0.25, 0.3) is 11.7 Å². The Morgan fingerprint density at radius 1 is 0.902 bits per heavy atom. The van der Waals surface area contributed by atoms with Crippen molar-refractivity contribution in [2.24, 2.45) is 0 Å². The van der Waals surface area contributed by atoms with Crippen LogP contribution in [0.3, 0.4) is 0 Å². The molecule has 0 radical (unpaired) electrons. The Bertz CT molecular complexity index is 1690. The fourth-order valence-corrected chi connectivity index (χ4v) is 5.17. The van der Waals surface area contributed by atoms with E-state index in [1.54, 1.807) is 4.40 Å². The number of aryl methyl sites for hydroxylation is 3. The number of likely N-dealkylation sites (N-methyl/N-ethyl adjacent to an activating group) is 1. The highest BCUT2D eigenvalue weighted by Gasteiger charge is 2.25. The van der Waals surface area contributed by atoms with E-state index < -0.39 is 11.7 Å². The summed E-state index contributed by atoms with van der Waals surface area (Å²) in [6.07, 6.45) is 1.81. The smallest absolute Gasteiger partial charge is 0.298 e. The third kappa shape index (κ3) is 6.14. The molecule has 7 nitrogen and oxygen atoms in total. The summed E-state index contributed by atoms with van der Waals surface area (Å²) < 4.78 is 1.77. The zero-order valence-electron chi connectivity index (χ0n) is 23.9. The highest BCUT2D eigenvalue weighted by Crippen LogP contribution is 2.29. The molecule has 1 amide bonds. The van der Waals surface area contributed by atoms with Gasteiger partial charge in [0.15, 0.2) is 0 Å². The zero-order valence-corrected chi connectivity index (χ0v) is 23.9. The van der Waals surface area contributed by atoms with Crippen molar-refractivity contribution < 1.29 is 9.59 Å². The number of carbonyl (C=O) groups is 2. The highest BCUT2D eigenvalue weighted by atomic mass is 16.2. The minimum atomic E-state index is -0.675. The summed E-state index contributed by atoms with van der Waals surface area (Å²) >= 11 is 0. The van der Waals surface area contributed by atoms with Gasteiger partial charge in [0.05, 0.1) is 0 Å². The molecule has 2 aromatic carbocycles. The SMILES string of the molecule is CCN(CCNc1ccc(NC(=O)C(=O)c2c(-c3ccccc3)cc3ccccn23)cc1C)c1cc(C)cc(C)n1. The van der Waals surface area contributed by atoms with Gasteiger partial charge >= 0.3 is 0 Å². The number of fused-ring (bicyclic) bond motifs is 1. The first kappa shape index (κ1) is 27.6. The van der Waals surface area contributed by atoms with E-state index >= 15 is 0 Å². The fourth-order valence-electron chi connectivity index (χ4n) is 5.17. The molecule has 3 heterocycles. The Morgan fingerprint density at radius 3 is 2.41 bits per heavy atom. The van der Waals surface area contributed by atoms with Crippen LogP contribution in [-0.4, -0.2) is 40.7 Å². The van der Waals surface area contributed by atoms with Crippen LogP contribution in [-0.2, 0) is 4.79 Å². The number of amides is 1. The Hall–Kier alpha value is -4.91. The van der Waals surface area contributed by atoms with Crippen LogP contribution in [0.1, 0.15) is 34.2 Å². The molecule has 0 aliphatic rings. The van der Waals surface area contributed by atoms with Crippen molar-refractivity contribution in [3.63, 3.8) is 0 Å². The van der Waals surface area contributed by atoms with Crippen molar-refractivity contribution in [2.75, 3.05) is 35.2 Å². The molecular weight excluding hydrogens is 510 g/mol. The molecule has 0 unspecified atom stereocenters. The monoisotopic (exact) mass is 545 g/mol. The van der Waals surface area contributed by atoms with Crippen molar-refractivity contribution in [3.05, 3.63) is 114 Å². The fraction of sp³-hybridized carbons (Fsp3) is 0.206. The lowest BCUT2D eigenvalue weighted by Gasteiger charge is -2.23. The van der Waals surface area contributed by atoms with Gasteiger partial charge in [0.2, 0.25) is 0 Å². The molecule has 0 saturated heterocycles. The number of hydrogen-bond acceptors (Lipinski definition) is 5. The number of rotatable bonds is 10. The second-order valence-electron chi connectivity index (χ2n) is 10.2. The lowest BCUT2D eigenvalue weighted by Crippen LogP contribution is -2.29. The molecule has 7 heteroatoms. The molecule has 0 aliphatic heterocycles. The second-order valence-corrected chi connectivity index (χ2v) is 10.2. The normalized spacial score (nSPS) is 10.9. The van der Waals surface area contributed by atoms with Gasteiger partial charge < -0.3 is 19.9 Å². The van der Waals surface area contributed by atoms with Crippen molar-refractivity contribution in [2.45, 2.75) is 27.7 Å². The van der Waals surface area contributed by atoms with Crippen LogP contribution in [0, 0.1) is 20.8 Å². The molecule has 0 fully saturated rings. The van der Waals surface area contributed by atoms with Crippen LogP contribution in [0.5, 0.6) is 0 Å². The van der Waals surface area contributed by atoms with E-state index in [4.69, 9.17) is 0 Å². The molecule has 0 bridgehead atoms. The molecule has 0 saturated carbocycles. The molecule has 5 rings (SSSR count). The van der Waals surface area contributed by atoms with E-state index in [2.05, 4.69) is 46.5 Å². The third-order valence-corrected chi connectivity index (χ3v) is 7.16. The molecule has 41 heavy (non-hydrogen) atoms. The number of hydrogen-bond donors (Lipinski definition) is 2. The topological polar surface area (TPSA) is 78.7 Å². The van der Waals surface area contributed by atoms with Crippen LogP contribution < -0.4 is 15.5 Å². The zero-order chi connectivity index (χ0) is 28.9. The van der Waals surface area contributed by atoms with Crippen LogP contribution in [0.4, 0.5) is 17.2 Å². The molecule has 0 spiro atoms. The number of Topliss-reactive ketones (excluding diaryl/α,β-unsaturated/α-hetero) is 1. The number of aromatic nitrogens is 2. The van der Waals surface area contributed by atoms with E-state index in [9.17, 15) is 9.59 Å². The van der Waals surface area contributed by atoms with Gasteiger partial charge in [0.1, 0.15) is 11.5 Å². The van der Waals surface area contributed by atoms with E-state index in [1.807, 2.05) is 92.8 Å². The van der Waals surface area contributed by atoms with Gasteiger partial charge in [-0.05, 0) is 92.9 Å². The summed E-state index contributed by atoms with van der Waals surface area (Å²) in [6, 6.07) is 27.1. The lowest BCUT2D eigenvalue weighted by molar-refractivity contribution is -0.112. The van der Waals surface area contributed by atoms with Crippen LogP contribution in [0.2, 0.25) is 0 Å². The minimum Gasteiger partial charge on any atom is -0.383 e. The molecule has 208 valence electrons. The second kappa shape index (κ2) is 12.1. The predicted molar refractivity (Wildman–Crippen MR) is 167 cm³/mol. The summed E-state index contributed by atoms with van der Waals surface area (Å²) in [6.45, 7) is 10.6. The van der Waals surface area contributed by atoms with Gasteiger partial charge in [0, 0.05) is 54.0 Å². The maximum absolute atomic E-state index is 13.5. The summed E-state index contributed by atoms with van der Waals surface area (Å²) in [4.78, 5) is 33.6. The predicted octanol–water partition coefficient (Wildman–Crippen LogP) is 6.69. The Kier molecular flexibility index (Phi) is 8.15. The average molecular weight is 546 g/mol. The van der Waals surface area contributed by atoms with Crippen LogP contribution in [0.15, 0.2) is 91.1 Å². The molecule has 0 atom stereocenters. The third-order valence-electron chi connectivity index (χ3n) is 7.16.